The van der Waals surface area contributed by atoms with Crippen LogP contribution in [0.5, 0.6) is 5.75 Å². The molecule has 0 radical (unpaired) electrons. The van der Waals surface area contributed by atoms with Crippen molar-refractivity contribution in [2.24, 2.45) is 5.73 Å². The number of piperidine rings is 1. The Kier molecular flexibility index (Phi) is 8.43. The van der Waals surface area contributed by atoms with E-state index in [1.807, 2.05) is 43.1 Å². The molecule has 2 aromatic heterocycles. The Labute approximate surface area is 218 Å². The molecule has 1 atom stereocenters. The number of rotatable bonds is 9. The Morgan fingerprint density at radius 2 is 2.00 bits per heavy atom. The number of aromatic nitrogens is 3. The number of nitrogens with two attached hydrogens (primary N) is 1. The summed E-state index contributed by atoms with van der Waals surface area (Å²) in [5.74, 6) is 1.53. The van der Waals surface area contributed by atoms with Crippen molar-refractivity contribution in [3.63, 3.8) is 0 Å². The van der Waals surface area contributed by atoms with Gasteiger partial charge in [-0.2, -0.15) is 0 Å². The van der Waals surface area contributed by atoms with Gasteiger partial charge in [0.25, 0.3) is 0 Å². The fourth-order valence-corrected chi connectivity index (χ4v) is 5.15. The van der Waals surface area contributed by atoms with Crippen LogP contribution in [0.2, 0.25) is 0 Å². The van der Waals surface area contributed by atoms with Crippen molar-refractivity contribution in [3.8, 4) is 17.0 Å². The number of ether oxygens (including phenoxy) is 2. The van der Waals surface area contributed by atoms with E-state index in [9.17, 15) is 9.59 Å². The number of benzene rings is 1. The Bertz CT molecular complexity index is 1260. The number of likely N-dealkylation sites (tertiary alicyclic amines) is 1. The minimum atomic E-state index is -0.263. The molecule has 198 valence electrons. The summed E-state index contributed by atoms with van der Waals surface area (Å²) < 4.78 is 13.3. The summed E-state index contributed by atoms with van der Waals surface area (Å²) in [6.45, 7) is 7.35. The van der Waals surface area contributed by atoms with Crippen LogP contribution in [0.1, 0.15) is 62.5 Å². The van der Waals surface area contributed by atoms with E-state index in [0.29, 0.717) is 18.8 Å². The van der Waals surface area contributed by atoms with Crippen LogP contribution in [0.25, 0.3) is 16.8 Å². The topological polar surface area (TPSA) is 112 Å². The van der Waals surface area contributed by atoms with Gasteiger partial charge < -0.3 is 20.1 Å². The summed E-state index contributed by atoms with van der Waals surface area (Å²) in [6, 6.07) is 5.81. The minimum absolute atomic E-state index is 0.0111. The highest BCUT2D eigenvalue weighted by atomic mass is 16.5. The molecule has 37 heavy (non-hydrogen) atoms. The average Bonchev–Trinajstić information content (AvgIpc) is 3.29. The molecule has 1 aromatic carbocycles. The number of carbonyl (C=O) groups excluding carboxylic acids is 2. The molecule has 1 aliphatic rings. The van der Waals surface area contributed by atoms with Crippen LogP contribution in [0, 0.1) is 6.92 Å². The van der Waals surface area contributed by atoms with E-state index < -0.39 is 0 Å². The standard InChI is InChI=1S/C28H37N5O4/c1-5-6-18(2)37-25(35)16-21-7-8-22(15-23(21)36-4)26-27-19(3)30-11-14-33(27)28(31-26)20-9-12-32(13-10-20)24(34)17-29/h7-8,11,14-15,18,20H,5-6,9-10,12-13,16-17,29H2,1-4H3/t18-/m0/s1. The number of hydrogen-bond acceptors (Lipinski definition) is 7. The zero-order valence-corrected chi connectivity index (χ0v) is 22.2. The van der Waals surface area contributed by atoms with Gasteiger partial charge in [-0.15, -0.1) is 0 Å². The maximum Gasteiger partial charge on any atom is 0.310 e. The van der Waals surface area contributed by atoms with Gasteiger partial charge in [0.2, 0.25) is 5.91 Å². The molecule has 4 rings (SSSR count). The summed E-state index contributed by atoms with van der Waals surface area (Å²) in [4.78, 5) is 36.0. The lowest BCUT2D eigenvalue weighted by Crippen LogP contribution is -2.41. The van der Waals surface area contributed by atoms with E-state index in [-0.39, 0.29) is 36.9 Å². The van der Waals surface area contributed by atoms with Crippen LogP contribution in [0.15, 0.2) is 30.6 Å². The summed E-state index contributed by atoms with van der Waals surface area (Å²) in [7, 11) is 1.60. The number of amides is 1. The van der Waals surface area contributed by atoms with Crippen molar-refractivity contribution < 1.29 is 19.1 Å². The van der Waals surface area contributed by atoms with Gasteiger partial charge >= 0.3 is 5.97 Å². The second-order valence-corrected chi connectivity index (χ2v) is 9.70. The van der Waals surface area contributed by atoms with Crippen LogP contribution in [-0.2, 0) is 20.7 Å². The van der Waals surface area contributed by atoms with Crippen molar-refractivity contribution in [2.45, 2.75) is 64.9 Å². The van der Waals surface area contributed by atoms with E-state index in [0.717, 1.165) is 59.5 Å². The number of methoxy groups -OCH3 is 1. The van der Waals surface area contributed by atoms with Crippen LogP contribution in [0.3, 0.4) is 0 Å². The van der Waals surface area contributed by atoms with Crippen LogP contribution < -0.4 is 10.5 Å². The monoisotopic (exact) mass is 507 g/mol. The summed E-state index contributed by atoms with van der Waals surface area (Å²) in [6.07, 6.45) is 7.24. The highest BCUT2D eigenvalue weighted by Gasteiger charge is 2.28. The molecule has 0 bridgehead atoms. The molecule has 1 aliphatic heterocycles. The van der Waals surface area contributed by atoms with Crippen molar-refractivity contribution in [1.82, 2.24) is 19.3 Å². The number of fused-ring (bicyclic) bond motifs is 1. The minimum Gasteiger partial charge on any atom is -0.496 e. The third-order valence-electron chi connectivity index (χ3n) is 7.08. The van der Waals surface area contributed by atoms with Crippen molar-refractivity contribution in [2.75, 3.05) is 26.7 Å². The molecule has 2 N–H and O–H groups in total. The smallest absolute Gasteiger partial charge is 0.310 e. The fraction of sp³-hybridized carbons (Fsp3) is 0.500. The van der Waals surface area contributed by atoms with Crippen molar-refractivity contribution >= 4 is 17.4 Å². The third kappa shape index (κ3) is 5.77. The first kappa shape index (κ1) is 26.6. The van der Waals surface area contributed by atoms with Gasteiger partial charge in [0.1, 0.15) is 11.6 Å². The maximum atomic E-state index is 12.5. The molecule has 3 aromatic rings. The molecule has 0 saturated carbocycles. The highest BCUT2D eigenvalue weighted by Crippen LogP contribution is 2.35. The van der Waals surface area contributed by atoms with Gasteiger partial charge in [-0.1, -0.05) is 25.5 Å². The number of nitrogens with zero attached hydrogens (tertiary/aromatic N) is 4. The van der Waals surface area contributed by atoms with Gasteiger partial charge in [0.05, 0.1) is 43.1 Å². The maximum absolute atomic E-state index is 12.5. The van der Waals surface area contributed by atoms with Gasteiger partial charge in [-0.05, 0) is 39.2 Å². The van der Waals surface area contributed by atoms with Gasteiger partial charge in [-0.3, -0.25) is 19.0 Å². The summed E-state index contributed by atoms with van der Waals surface area (Å²) >= 11 is 0. The second kappa shape index (κ2) is 11.7. The SMILES string of the molecule is CCC[C@H](C)OC(=O)Cc1ccc(-c2nc(C3CCN(C(=O)CN)CC3)n3ccnc(C)c23)cc1OC. The van der Waals surface area contributed by atoms with Crippen molar-refractivity contribution in [3.05, 3.63) is 47.7 Å². The van der Waals surface area contributed by atoms with Gasteiger partial charge in [0.15, 0.2) is 0 Å². The van der Waals surface area contributed by atoms with Crippen LogP contribution in [-0.4, -0.2) is 64.0 Å². The first-order valence-corrected chi connectivity index (χ1v) is 13.0. The molecule has 0 spiro atoms. The molecule has 9 nitrogen and oxygen atoms in total. The van der Waals surface area contributed by atoms with E-state index in [4.69, 9.17) is 20.2 Å². The van der Waals surface area contributed by atoms with Gasteiger partial charge in [-0.25, -0.2) is 4.98 Å². The normalized spacial score (nSPS) is 15.1. The quantitative estimate of drug-likeness (QED) is 0.440. The summed E-state index contributed by atoms with van der Waals surface area (Å²) in [5, 5.41) is 0. The van der Waals surface area contributed by atoms with E-state index >= 15 is 0 Å². The summed E-state index contributed by atoms with van der Waals surface area (Å²) in [5.41, 5.74) is 9.86. The Balaban J connectivity index is 1.64. The number of hydrogen-bond donors (Lipinski definition) is 1. The Morgan fingerprint density at radius 3 is 2.68 bits per heavy atom. The molecule has 3 heterocycles. The van der Waals surface area contributed by atoms with Crippen LogP contribution in [0.4, 0.5) is 0 Å². The average molecular weight is 508 g/mol. The number of carbonyl (C=O) groups is 2. The highest BCUT2D eigenvalue weighted by molar-refractivity contribution is 5.81. The largest absolute Gasteiger partial charge is 0.496 e. The molecular weight excluding hydrogens is 470 g/mol. The zero-order chi connectivity index (χ0) is 26.5. The molecule has 0 unspecified atom stereocenters. The zero-order valence-electron chi connectivity index (χ0n) is 22.2. The molecule has 1 fully saturated rings. The first-order chi connectivity index (χ1) is 17.9. The van der Waals surface area contributed by atoms with E-state index in [1.54, 1.807) is 13.3 Å². The van der Waals surface area contributed by atoms with E-state index in [2.05, 4.69) is 16.3 Å². The number of imidazole rings is 1. The van der Waals surface area contributed by atoms with Gasteiger partial charge in [0, 0.05) is 42.5 Å². The number of aryl methyl sites for hydroxylation is 1. The first-order valence-electron chi connectivity index (χ1n) is 13.0. The Hall–Kier alpha value is -3.46. The lowest BCUT2D eigenvalue weighted by atomic mass is 9.96. The molecule has 1 amide bonds. The van der Waals surface area contributed by atoms with Crippen LogP contribution >= 0.6 is 0 Å². The Morgan fingerprint density at radius 1 is 1.24 bits per heavy atom. The lowest BCUT2D eigenvalue weighted by Gasteiger charge is -2.31. The molecule has 9 heteroatoms. The van der Waals surface area contributed by atoms with E-state index in [1.165, 1.54) is 0 Å². The third-order valence-corrected chi connectivity index (χ3v) is 7.08. The predicted molar refractivity (Wildman–Crippen MR) is 141 cm³/mol. The second-order valence-electron chi connectivity index (χ2n) is 9.70. The predicted octanol–water partition coefficient (Wildman–Crippen LogP) is 3.65. The molecular formula is C28H37N5O4. The number of esters is 1. The fourth-order valence-electron chi connectivity index (χ4n) is 5.15. The van der Waals surface area contributed by atoms with Crippen molar-refractivity contribution in [1.29, 1.82) is 0 Å². The lowest BCUT2D eigenvalue weighted by molar-refractivity contribution is -0.147. The molecule has 0 aliphatic carbocycles. The molecule has 1 saturated heterocycles.